The molecule has 8 heteroatoms. The maximum absolute atomic E-state index is 11.2. The van der Waals surface area contributed by atoms with E-state index in [2.05, 4.69) is 22.7 Å². The van der Waals surface area contributed by atoms with E-state index in [1.807, 2.05) is 0 Å². The molecule has 0 heterocycles. The van der Waals surface area contributed by atoms with Crippen LogP contribution in [0.15, 0.2) is 12.2 Å². The van der Waals surface area contributed by atoms with Gasteiger partial charge in [0, 0.05) is 6.42 Å². The summed E-state index contributed by atoms with van der Waals surface area (Å²) in [7, 11) is -4.79. The monoisotopic (exact) mass is 416 g/mol. The molecule has 0 saturated carbocycles. The minimum atomic E-state index is -4.79. The summed E-state index contributed by atoms with van der Waals surface area (Å²) >= 11 is 0.121. The molecule has 0 aliphatic rings. The topological polar surface area (TPSA) is 83.5 Å². The second kappa shape index (κ2) is 20.4. The van der Waals surface area contributed by atoms with Gasteiger partial charge in [0.1, 0.15) is 0 Å². The van der Waals surface area contributed by atoms with E-state index in [0.717, 1.165) is 32.1 Å². The molecule has 0 aromatic carbocycles. The molecule has 0 spiro atoms. The molecule has 0 aromatic heterocycles. The number of allylic oxidation sites excluding steroid dienone is 2. The largest absolute Gasteiger partial charge is 1.00 e. The van der Waals surface area contributed by atoms with Crippen LogP contribution in [-0.4, -0.2) is 18.1 Å². The predicted molar refractivity (Wildman–Crippen MR) is 103 cm³/mol. The summed E-state index contributed by atoms with van der Waals surface area (Å²) in [5.74, 6) is 0. The van der Waals surface area contributed by atoms with Gasteiger partial charge in [0.05, 0.1) is 12.0 Å². The molecule has 0 rings (SSSR count). The number of carbonyl (C=O) groups is 1. The molecule has 0 atom stereocenters. The molecule has 26 heavy (non-hydrogen) atoms. The van der Waals surface area contributed by atoms with Crippen LogP contribution in [0.3, 0.4) is 0 Å². The van der Waals surface area contributed by atoms with E-state index in [-0.39, 0.29) is 48.0 Å². The molecule has 0 aliphatic carbocycles. The maximum Gasteiger partial charge on any atom is 1.00 e. The van der Waals surface area contributed by atoms with Crippen LogP contribution in [0.1, 0.15) is 96.8 Å². The molecular formula is C18H33NaO5S2. The fourth-order valence-electron chi connectivity index (χ4n) is 2.46. The second-order valence-corrected chi connectivity index (χ2v) is 8.25. The summed E-state index contributed by atoms with van der Waals surface area (Å²) in [6, 6.07) is 0. The predicted octanol–water partition coefficient (Wildman–Crippen LogP) is 2.68. The third kappa shape index (κ3) is 24.6. The van der Waals surface area contributed by atoms with Crippen molar-refractivity contribution in [2.45, 2.75) is 96.8 Å². The van der Waals surface area contributed by atoms with Crippen molar-refractivity contribution in [3.8, 4) is 0 Å². The zero-order valence-corrected chi connectivity index (χ0v) is 20.0. The molecule has 0 fully saturated rings. The van der Waals surface area contributed by atoms with Crippen LogP contribution in [0.2, 0.25) is 0 Å². The van der Waals surface area contributed by atoms with E-state index < -0.39 is 15.5 Å². The molecule has 0 bridgehead atoms. The van der Waals surface area contributed by atoms with Gasteiger partial charge in [-0.15, -0.1) is 0 Å². The molecule has 0 N–H and O–H groups in total. The average Bonchev–Trinajstić information content (AvgIpc) is 2.56. The van der Waals surface area contributed by atoms with E-state index in [1.54, 1.807) is 0 Å². The van der Waals surface area contributed by atoms with Crippen LogP contribution >= 0.6 is 12.0 Å². The normalized spacial score (nSPS) is 11.6. The molecule has 0 saturated heterocycles. The van der Waals surface area contributed by atoms with Crippen LogP contribution in [0, 0.1) is 0 Å². The van der Waals surface area contributed by atoms with Gasteiger partial charge >= 0.3 is 29.6 Å². The van der Waals surface area contributed by atoms with Gasteiger partial charge in [-0.2, -0.15) is 3.63 Å². The minimum absolute atomic E-state index is 0. The van der Waals surface area contributed by atoms with Crippen molar-refractivity contribution in [2.24, 2.45) is 0 Å². The quantitative estimate of drug-likeness (QED) is 0.0905. The van der Waals surface area contributed by atoms with Gasteiger partial charge in [0.25, 0.3) is 0 Å². The first-order valence-corrected chi connectivity index (χ1v) is 11.5. The second-order valence-electron chi connectivity index (χ2n) is 6.27. The SMILES string of the molecule is CCCCCCCC/C=C\CCCCCCCC(=O)SOS(=O)(=O)[O-].[Na+]. The molecule has 0 amide bonds. The van der Waals surface area contributed by atoms with E-state index in [0.29, 0.717) is 6.42 Å². The van der Waals surface area contributed by atoms with Crippen molar-refractivity contribution in [3.05, 3.63) is 12.2 Å². The Hall–Kier alpha value is 0.630. The summed E-state index contributed by atoms with van der Waals surface area (Å²) in [4.78, 5) is 11.2. The Morgan fingerprint density at radius 2 is 1.35 bits per heavy atom. The number of unbranched alkanes of at least 4 members (excludes halogenated alkanes) is 11. The number of carbonyl (C=O) groups excluding carboxylic acids is 1. The molecule has 5 nitrogen and oxygen atoms in total. The van der Waals surface area contributed by atoms with Gasteiger partial charge in [0.2, 0.25) is 15.5 Å². The molecule has 148 valence electrons. The zero-order chi connectivity index (χ0) is 18.8. The van der Waals surface area contributed by atoms with Crippen LogP contribution in [0.4, 0.5) is 0 Å². The van der Waals surface area contributed by atoms with E-state index in [4.69, 9.17) is 0 Å². The molecule has 0 aliphatic heterocycles. The van der Waals surface area contributed by atoms with Gasteiger partial charge < -0.3 is 4.55 Å². The van der Waals surface area contributed by atoms with E-state index in [1.165, 1.54) is 44.9 Å². The maximum atomic E-state index is 11.2. The fourth-order valence-corrected chi connectivity index (χ4v) is 3.33. The smallest absolute Gasteiger partial charge is 0.725 e. The van der Waals surface area contributed by atoms with Crippen LogP contribution in [0.5, 0.6) is 0 Å². The number of hydrogen-bond donors (Lipinski definition) is 0. The van der Waals surface area contributed by atoms with Crippen molar-refractivity contribution >= 4 is 27.6 Å². The van der Waals surface area contributed by atoms with Crippen LogP contribution in [-0.2, 0) is 18.8 Å². The van der Waals surface area contributed by atoms with Crippen molar-refractivity contribution in [1.29, 1.82) is 0 Å². The van der Waals surface area contributed by atoms with Crippen LogP contribution < -0.4 is 29.6 Å². The van der Waals surface area contributed by atoms with Crippen molar-refractivity contribution < 1.29 is 51.0 Å². The Morgan fingerprint density at radius 3 is 1.85 bits per heavy atom. The van der Waals surface area contributed by atoms with Gasteiger partial charge in [-0.25, -0.2) is 8.42 Å². The number of hydrogen-bond acceptors (Lipinski definition) is 6. The van der Waals surface area contributed by atoms with Gasteiger partial charge in [0.15, 0.2) is 0 Å². The average molecular weight is 417 g/mol. The molecule has 0 unspecified atom stereocenters. The van der Waals surface area contributed by atoms with Gasteiger partial charge in [-0.05, 0) is 32.1 Å². The Labute approximate surface area is 186 Å². The Morgan fingerprint density at radius 1 is 0.885 bits per heavy atom. The Bertz CT molecular complexity index is 452. The molecule has 0 aromatic rings. The first kappa shape index (κ1) is 28.8. The minimum Gasteiger partial charge on any atom is -0.725 e. The van der Waals surface area contributed by atoms with Crippen LogP contribution in [0.25, 0.3) is 0 Å². The standard InChI is InChI=1S/C18H34O5S2.Na/c1-2-3-4-5-6-7-8-9-10-11-12-13-14-15-16-17-18(19)24-23-25(20,21)22;/h9-10H,2-8,11-17H2,1H3,(H,20,21,22);/q;+1/p-1/b10-9-;. The number of rotatable bonds is 17. The Balaban J connectivity index is 0. The third-order valence-electron chi connectivity index (χ3n) is 3.85. The van der Waals surface area contributed by atoms with Gasteiger partial charge in [-0.3, -0.25) is 4.79 Å². The Kier molecular flexibility index (Phi) is 22.6. The summed E-state index contributed by atoms with van der Waals surface area (Å²) in [5.41, 5.74) is 0. The first-order valence-electron chi connectivity index (χ1n) is 9.45. The summed E-state index contributed by atoms with van der Waals surface area (Å²) in [6.45, 7) is 2.24. The third-order valence-corrected chi connectivity index (χ3v) is 5.18. The van der Waals surface area contributed by atoms with Crippen molar-refractivity contribution in [2.75, 3.05) is 0 Å². The molecule has 0 radical (unpaired) electrons. The first-order chi connectivity index (χ1) is 12.0. The van der Waals surface area contributed by atoms with E-state index >= 15 is 0 Å². The van der Waals surface area contributed by atoms with Crippen molar-refractivity contribution in [1.82, 2.24) is 0 Å². The zero-order valence-electron chi connectivity index (χ0n) is 16.4. The van der Waals surface area contributed by atoms with Crippen molar-refractivity contribution in [3.63, 3.8) is 0 Å². The van der Waals surface area contributed by atoms with Gasteiger partial charge in [-0.1, -0.05) is 70.4 Å². The fraction of sp³-hybridized carbons (Fsp3) is 0.833. The van der Waals surface area contributed by atoms with E-state index in [9.17, 15) is 17.8 Å². The molecular weight excluding hydrogens is 383 g/mol. The summed E-state index contributed by atoms with van der Waals surface area (Å²) in [5, 5.41) is -0.419. The summed E-state index contributed by atoms with van der Waals surface area (Å²) < 4.78 is 34.4. The summed E-state index contributed by atoms with van der Waals surface area (Å²) in [6.07, 6.45) is 20.1.